The second-order valence-corrected chi connectivity index (χ2v) is 5.95. The highest BCUT2D eigenvalue weighted by molar-refractivity contribution is 5.79. The minimum Gasteiger partial charge on any atom is -0.378 e. The second-order valence-electron chi connectivity index (χ2n) is 5.95. The predicted molar refractivity (Wildman–Crippen MR) is 86.3 cm³/mol. The van der Waals surface area contributed by atoms with Gasteiger partial charge in [-0.25, -0.2) is 0 Å². The molecule has 0 aliphatic heterocycles. The molecule has 1 heterocycles. The van der Waals surface area contributed by atoms with Crippen molar-refractivity contribution in [1.82, 2.24) is 10.3 Å². The van der Waals surface area contributed by atoms with Crippen LogP contribution in [0.5, 0.6) is 0 Å². The number of nitrogens with one attached hydrogen (secondary N) is 1. The fraction of sp³-hybridized carbons (Fsp3) is 0.500. The normalized spacial score (nSPS) is 23.0. The third-order valence-electron chi connectivity index (χ3n) is 4.54. The molecule has 1 N–H and O–H groups in total. The van der Waals surface area contributed by atoms with Crippen molar-refractivity contribution in [3.8, 4) is 0 Å². The summed E-state index contributed by atoms with van der Waals surface area (Å²) >= 11 is 0. The number of hydrogen-bond donors (Lipinski definition) is 1. The van der Waals surface area contributed by atoms with Crippen LogP contribution in [0.2, 0.25) is 0 Å². The van der Waals surface area contributed by atoms with Crippen LogP contribution in [0.25, 0.3) is 10.9 Å². The molecule has 21 heavy (non-hydrogen) atoms. The molecule has 0 bridgehead atoms. The first-order valence-electron chi connectivity index (χ1n) is 7.93. The lowest BCUT2D eigenvalue weighted by Crippen LogP contribution is -2.34. The van der Waals surface area contributed by atoms with Gasteiger partial charge in [0, 0.05) is 24.2 Å². The average Bonchev–Trinajstić information content (AvgIpc) is 2.49. The Morgan fingerprint density at radius 2 is 2.19 bits per heavy atom. The molecular formula is C18H24N2O. The van der Waals surface area contributed by atoms with Crippen LogP contribution >= 0.6 is 0 Å². The zero-order valence-corrected chi connectivity index (χ0v) is 12.9. The molecule has 3 heteroatoms. The maximum Gasteiger partial charge on any atom is 0.0702 e. The summed E-state index contributed by atoms with van der Waals surface area (Å²) in [6.45, 7) is 2.91. The number of hydrogen-bond acceptors (Lipinski definition) is 3. The van der Waals surface area contributed by atoms with Gasteiger partial charge in [0.15, 0.2) is 0 Å². The van der Waals surface area contributed by atoms with Gasteiger partial charge in [-0.15, -0.1) is 0 Å². The van der Waals surface area contributed by atoms with E-state index in [-0.39, 0.29) is 0 Å². The van der Waals surface area contributed by atoms with E-state index in [9.17, 15) is 0 Å². The Morgan fingerprint density at radius 1 is 1.33 bits per heavy atom. The second kappa shape index (κ2) is 6.54. The van der Waals surface area contributed by atoms with E-state index in [1.54, 1.807) is 0 Å². The number of nitrogens with zero attached hydrogens (tertiary/aromatic N) is 1. The summed E-state index contributed by atoms with van der Waals surface area (Å²) in [5, 5.41) is 4.69. The lowest BCUT2D eigenvalue weighted by molar-refractivity contribution is -0.0289. The van der Waals surface area contributed by atoms with E-state index in [0.29, 0.717) is 12.1 Å². The highest BCUT2D eigenvalue weighted by Gasteiger charge is 2.31. The molecule has 3 nitrogen and oxygen atoms in total. The molecule has 1 aromatic carbocycles. The molecule has 1 unspecified atom stereocenters. The molecule has 0 amide bonds. The number of benzene rings is 1. The molecule has 3 rings (SSSR count). The molecule has 0 spiro atoms. The van der Waals surface area contributed by atoms with Crippen LogP contribution in [0.3, 0.4) is 0 Å². The zero-order chi connectivity index (χ0) is 14.7. The maximum absolute atomic E-state index is 5.66. The number of ether oxygens (including phenoxy) is 1. The van der Waals surface area contributed by atoms with Crippen molar-refractivity contribution in [2.75, 3.05) is 13.7 Å². The Bertz CT molecular complexity index is 593. The van der Waals surface area contributed by atoms with Gasteiger partial charge in [0.2, 0.25) is 0 Å². The molecule has 1 aromatic heterocycles. The monoisotopic (exact) mass is 284 g/mol. The predicted octanol–water partition coefficient (Wildman–Crippen LogP) is 3.70. The lowest BCUT2D eigenvalue weighted by Gasteiger charge is -2.37. The first-order valence-corrected chi connectivity index (χ1v) is 7.93. The van der Waals surface area contributed by atoms with Crippen LogP contribution in [-0.2, 0) is 4.74 Å². The Balaban J connectivity index is 1.67. The Labute approximate surface area is 126 Å². The van der Waals surface area contributed by atoms with E-state index in [2.05, 4.69) is 48.5 Å². The molecule has 112 valence electrons. The van der Waals surface area contributed by atoms with E-state index in [1.165, 1.54) is 30.2 Å². The van der Waals surface area contributed by atoms with E-state index >= 15 is 0 Å². The van der Waals surface area contributed by atoms with Gasteiger partial charge in [-0.05, 0) is 62.9 Å². The zero-order valence-electron chi connectivity index (χ0n) is 12.9. The molecule has 1 atom stereocenters. The van der Waals surface area contributed by atoms with Crippen molar-refractivity contribution >= 4 is 10.9 Å². The first-order chi connectivity index (χ1) is 10.3. The molecule has 1 aliphatic rings. The molecule has 1 saturated carbocycles. The van der Waals surface area contributed by atoms with Crippen LogP contribution in [0.4, 0.5) is 0 Å². The largest absolute Gasteiger partial charge is 0.378 e. The molecule has 0 radical (unpaired) electrons. The molecular weight excluding hydrogens is 260 g/mol. The molecule has 1 fully saturated rings. The smallest absolute Gasteiger partial charge is 0.0702 e. The van der Waals surface area contributed by atoms with Gasteiger partial charge in [-0.2, -0.15) is 0 Å². The Hall–Kier alpha value is -1.45. The summed E-state index contributed by atoms with van der Waals surface area (Å²) in [6, 6.07) is 11.1. The standard InChI is InChI=1S/C18H24N2O/c1-3-21-16-9-13(10-16)11-18(19-2)15-6-7-17-14(12-15)5-4-8-20-17/h4-8,12-13,16,18-19H,3,9-11H2,1-2H3. The summed E-state index contributed by atoms with van der Waals surface area (Å²) in [7, 11) is 2.05. The van der Waals surface area contributed by atoms with Gasteiger partial charge in [-0.3, -0.25) is 4.98 Å². The third-order valence-corrected chi connectivity index (χ3v) is 4.54. The highest BCUT2D eigenvalue weighted by Crippen LogP contribution is 2.37. The Kier molecular flexibility index (Phi) is 4.51. The minimum atomic E-state index is 0.419. The van der Waals surface area contributed by atoms with Gasteiger partial charge < -0.3 is 10.1 Å². The summed E-state index contributed by atoms with van der Waals surface area (Å²) < 4.78 is 5.66. The van der Waals surface area contributed by atoms with Crippen molar-refractivity contribution in [2.24, 2.45) is 5.92 Å². The van der Waals surface area contributed by atoms with E-state index in [1.807, 2.05) is 12.3 Å². The fourth-order valence-electron chi connectivity index (χ4n) is 3.30. The molecule has 0 saturated heterocycles. The van der Waals surface area contributed by atoms with Gasteiger partial charge >= 0.3 is 0 Å². The number of fused-ring (bicyclic) bond motifs is 1. The van der Waals surface area contributed by atoms with Crippen LogP contribution in [0.1, 0.15) is 37.8 Å². The third kappa shape index (κ3) is 3.25. The Morgan fingerprint density at radius 3 is 2.95 bits per heavy atom. The summed E-state index contributed by atoms with van der Waals surface area (Å²) in [6.07, 6.45) is 5.95. The summed E-state index contributed by atoms with van der Waals surface area (Å²) in [5.41, 5.74) is 2.43. The SMILES string of the molecule is CCOC1CC(CC(NC)c2ccc3ncccc3c2)C1. The van der Waals surface area contributed by atoms with Crippen LogP contribution < -0.4 is 5.32 Å². The van der Waals surface area contributed by atoms with E-state index in [0.717, 1.165) is 18.0 Å². The molecule has 2 aromatic rings. The topological polar surface area (TPSA) is 34.1 Å². The number of rotatable bonds is 6. The summed E-state index contributed by atoms with van der Waals surface area (Å²) in [5.74, 6) is 0.781. The van der Waals surface area contributed by atoms with Gasteiger partial charge in [0.1, 0.15) is 0 Å². The van der Waals surface area contributed by atoms with Crippen molar-refractivity contribution in [3.63, 3.8) is 0 Å². The van der Waals surface area contributed by atoms with Crippen LogP contribution in [0.15, 0.2) is 36.5 Å². The van der Waals surface area contributed by atoms with Gasteiger partial charge in [-0.1, -0.05) is 12.1 Å². The van der Waals surface area contributed by atoms with Crippen molar-refractivity contribution < 1.29 is 4.74 Å². The van der Waals surface area contributed by atoms with E-state index in [4.69, 9.17) is 4.74 Å². The summed E-state index contributed by atoms with van der Waals surface area (Å²) in [4.78, 5) is 4.39. The fourth-order valence-corrected chi connectivity index (χ4v) is 3.30. The number of pyridine rings is 1. The van der Waals surface area contributed by atoms with Crippen molar-refractivity contribution in [3.05, 3.63) is 42.1 Å². The van der Waals surface area contributed by atoms with Crippen LogP contribution in [-0.4, -0.2) is 24.7 Å². The van der Waals surface area contributed by atoms with Crippen LogP contribution in [0, 0.1) is 5.92 Å². The van der Waals surface area contributed by atoms with Crippen molar-refractivity contribution in [1.29, 1.82) is 0 Å². The maximum atomic E-state index is 5.66. The first kappa shape index (κ1) is 14.5. The average molecular weight is 284 g/mol. The lowest BCUT2D eigenvalue weighted by atomic mass is 9.77. The molecule has 1 aliphatic carbocycles. The minimum absolute atomic E-state index is 0.419. The van der Waals surface area contributed by atoms with E-state index < -0.39 is 0 Å². The quantitative estimate of drug-likeness (QED) is 0.878. The van der Waals surface area contributed by atoms with Crippen molar-refractivity contribution in [2.45, 2.75) is 38.3 Å². The number of aromatic nitrogens is 1. The van der Waals surface area contributed by atoms with Gasteiger partial charge in [0.25, 0.3) is 0 Å². The highest BCUT2D eigenvalue weighted by atomic mass is 16.5. The van der Waals surface area contributed by atoms with Gasteiger partial charge in [0.05, 0.1) is 11.6 Å².